The number of nitrogens with zero attached hydrogens (tertiary/aromatic N) is 2. The Balaban J connectivity index is 2.32. The van der Waals surface area contributed by atoms with Gasteiger partial charge in [-0.1, -0.05) is 52.5 Å². The van der Waals surface area contributed by atoms with Crippen LogP contribution in [0.25, 0.3) is 0 Å². The summed E-state index contributed by atoms with van der Waals surface area (Å²) in [6.45, 7) is 1.54. The molecule has 0 aliphatic carbocycles. The second kappa shape index (κ2) is 7.23. The van der Waals surface area contributed by atoms with Crippen molar-refractivity contribution in [3.63, 3.8) is 0 Å². The third-order valence-corrected chi connectivity index (χ3v) is 5.36. The first-order valence-corrected chi connectivity index (χ1v) is 9.03. The molecule has 1 N–H and O–H groups in total. The van der Waals surface area contributed by atoms with E-state index in [1.54, 1.807) is 25.1 Å². The fourth-order valence-corrected chi connectivity index (χ4v) is 4.11. The van der Waals surface area contributed by atoms with E-state index in [1.165, 1.54) is 12.3 Å². The number of aryl methyl sites for hydroxylation is 1. The van der Waals surface area contributed by atoms with Gasteiger partial charge in [-0.05, 0) is 30.7 Å². The minimum atomic E-state index is -4.02. The molecule has 5 nitrogen and oxygen atoms in total. The lowest BCUT2D eigenvalue weighted by molar-refractivity contribution is 0.583. The number of aromatic nitrogens is 1. The van der Waals surface area contributed by atoms with E-state index in [-0.39, 0.29) is 15.2 Å². The summed E-state index contributed by atoms with van der Waals surface area (Å²) in [7, 11) is -4.02. The number of benzene rings is 1. The molecule has 23 heavy (non-hydrogen) atoms. The van der Waals surface area contributed by atoms with Crippen LogP contribution in [0.5, 0.6) is 0 Å². The van der Waals surface area contributed by atoms with Crippen LogP contribution >= 0.6 is 46.4 Å². The van der Waals surface area contributed by atoms with Crippen LogP contribution in [0.2, 0.25) is 20.4 Å². The molecule has 0 bridgehead atoms. The highest BCUT2D eigenvalue weighted by molar-refractivity contribution is 7.89. The molecule has 0 unspecified atom stereocenters. The predicted molar refractivity (Wildman–Crippen MR) is 93.4 cm³/mol. The van der Waals surface area contributed by atoms with Gasteiger partial charge in [0.2, 0.25) is 0 Å². The summed E-state index contributed by atoms with van der Waals surface area (Å²) in [4.78, 5) is 5.55. The maximum atomic E-state index is 12.3. The highest BCUT2D eigenvalue weighted by Crippen LogP contribution is 2.26. The largest absolute Gasteiger partial charge is 0.279 e. The molecule has 2 rings (SSSR count). The highest BCUT2D eigenvalue weighted by Gasteiger charge is 2.22. The fraction of sp³-hybridized carbons (Fsp3) is 0.0769. The van der Waals surface area contributed by atoms with Crippen LogP contribution < -0.4 is 4.83 Å². The van der Waals surface area contributed by atoms with Gasteiger partial charge in [0.05, 0.1) is 16.3 Å². The van der Waals surface area contributed by atoms with Crippen molar-refractivity contribution >= 4 is 62.6 Å². The zero-order valence-electron chi connectivity index (χ0n) is 11.5. The van der Waals surface area contributed by atoms with Gasteiger partial charge in [-0.15, -0.1) is 0 Å². The number of hydrazone groups is 1. The maximum absolute atomic E-state index is 12.3. The molecule has 122 valence electrons. The first-order chi connectivity index (χ1) is 10.7. The van der Waals surface area contributed by atoms with Crippen molar-refractivity contribution in [1.82, 2.24) is 9.82 Å². The van der Waals surface area contributed by atoms with Crippen LogP contribution in [-0.2, 0) is 10.0 Å². The summed E-state index contributed by atoms with van der Waals surface area (Å²) >= 11 is 23.5. The minimum absolute atomic E-state index is 0.0952. The second-order valence-electron chi connectivity index (χ2n) is 4.37. The normalized spacial score (nSPS) is 11.9. The third-order valence-electron chi connectivity index (χ3n) is 2.72. The summed E-state index contributed by atoms with van der Waals surface area (Å²) in [5.41, 5.74) is 0.726. The lowest BCUT2D eigenvalue weighted by Gasteiger charge is -2.08. The first kappa shape index (κ1) is 18.3. The number of rotatable bonds is 4. The van der Waals surface area contributed by atoms with E-state index in [4.69, 9.17) is 46.4 Å². The third kappa shape index (κ3) is 4.28. The second-order valence-corrected chi connectivity index (χ2v) is 7.53. The quantitative estimate of drug-likeness (QED) is 0.461. The summed E-state index contributed by atoms with van der Waals surface area (Å²) in [5, 5.41) is 4.19. The van der Waals surface area contributed by atoms with Gasteiger partial charge < -0.3 is 0 Å². The van der Waals surface area contributed by atoms with Gasteiger partial charge in [0.15, 0.2) is 5.15 Å². The highest BCUT2D eigenvalue weighted by atomic mass is 35.5. The predicted octanol–water partition coefficient (Wildman–Crippen LogP) is 4.32. The van der Waals surface area contributed by atoms with Gasteiger partial charge in [0, 0.05) is 5.56 Å². The van der Waals surface area contributed by atoms with Crippen molar-refractivity contribution in [3.8, 4) is 0 Å². The van der Waals surface area contributed by atoms with Gasteiger partial charge in [0.25, 0.3) is 10.0 Å². The topological polar surface area (TPSA) is 71.4 Å². The summed E-state index contributed by atoms with van der Waals surface area (Å²) in [5.74, 6) is 0. The lowest BCUT2D eigenvalue weighted by atomic mass is 10.2. The Morgan fingerprint density at radius 3 is 2.35 bits per heavy atom. The van der Waals surface area contributed by atoms with E-state index >= 15 is 0 Å². The van der Waals surface area contributed by atoms with Crippen LogP contribution in [0.3, 0.4) is 0 Å². The standard InChI is InChI=1S/C13H9Cl4N3O2S/c1-7-5-11(16)19-13(17)12(7)23(21,22)20-18-6-8-9(14)3-2-4-10(8)15/h2-6,20H,1H3/b18-6+. The molecule has 0 aliphatic heterocycles. The van der Waals surface area contributed by atoms with Crippen LogP contribution in [0.15, 0.2) is 34.3 Å². The minimum Gasteiger partial charge on any atom is -0.223 e. The fourth-order valence-electron chi connectivity index (χ4n) is 1.75. The number of nitrogens with one attached hydrogen (secondary N) is 1. The van der Waals surface area contributed by atoms with E-state index < -0.39 is 10.0 Å². The van der Waals surface area contributed by atoms with Crippen molar-refractivity contribution in [2.24, 2.45) is 5.10 Å². The van der Waals surface area contributed by atoms with Gasteiger partial charge in [-0.2, -0.15) is 18.4 Å². The first-order valence-electron chi connectivity index (χ1n) is 6.04. The molecule has 0 fully saturated rings. The summed E-state index contributed by atoms with van der Waals surface area (Å²) in [6, 6.07) is 6.26. The smallest absolute Gasteiger partial charge is 0.223 e. The molecule has 10 heteroatoms. The van der Waals surface area contributed by atoms with Gasteiger partial charge in [-0.3, -0.25) is 0 Å². The maximum Gasteiger partial charge on any atom is 0.279 e. The SMILES string of the molecule is Cc1cc(Cl)nc(Cl)c1S(=O)(=O)N/N=C/c1c(Cl)cccc1Cl. The molecule has 1 aromatic carbocycles. The number of hydrogen-bond donors (Lipinski definition) is 1. The molecule has 1 heterocycles. The molecule has 1 aromatic heterocycles. The molecule has 0 atom stereocenters. The monoisotopic (exact) mass is 411 g/mol. The molecule has 0 aliphatic rings. The Bertz CT molecular complexity index is 842. The lowest BCUT2D eigenvalue weighted by Crippen LogP contribution is -2.20. The summed E-state index contributed by atoms with van der Waals surface area (Å²) in [6.07, 6.45) is 1.20. The van der Waals surface area contributed by atoms with Crippen molar-refractivity contribution in [3.05, 3.63) is 55.7 Å². The van der Waals surface area contributed by atoms with Crippen molar-refractivity contribution in [2.45, 2.75) is 11.8 Å². The van der Waals surface area contributed by atoms with Gasteiger partial charge >= 0.3 is 0 Å². The number of halogens is 4. The Kier molecular flexibility index (Phi) is 5.75. The van der Waals surface area contributed by atoms with E-state index in [0.29, 0.717) is 21.2 Å². The van der Waals surface area contributed by atoms with Crippen LogP contribution in [0.4, 0.5) is 0 Å². The number of hydrogen-bond acceptors (Lipinski definition) is 4. The van der Waals surface area contributed by atoms with Gasteiger partial charge in [-0.25, -0.2) is 4.98 Å². The Morgan fingerprint density at radius 2 is 1.78 bits per heavy atom. The number of pyridine rings is 1. The van der Waals surface area contributed by atoms with E-state index in [2.05, 4.69) is 10.1 Å². The molecular weight excluding hydrogens is 404 g/mol. The van der Waals surface area contributed by atoms with Crippen LogP contribution in [0.1, 0.15) is 11.1 Å². The van der Waals surface area contributed by atoms with Crippen LogP contribution in [0, 0.1) is 6.92 Å². The van der Waals surface area contributed by atoms with Crippen LogP contribution in [-0.4, -0.2) is 19.6 Å². The Hall–Kier alpha value is -1.05. The molecule has 0 radical (unpaired) electrons. The molecule has 0 saturated heterocycles. The zero-order valence-corrected chi connectivity index (χ0v) is 15.4. The molecule has 0 amide bonds. The Morgan fingerprint density at radius 1 is 1.17 bits per heavy atom. The number of sulfonamides is 1. The molecule has 2 aromatic rings. The molecule has 0 saturated carbocycles. The van der Waals surface area contributed by atoms with E-state index in [0.717, 1.165) is 0 Å². The Labute approximate surface area is 153 Å². The molecule has 0 spiro atoms. The average molecular weight is 413 g/mol. The van der Waals surface area contributed by atoms with Crippen molar-refractivity contribution < 1.29 is 8.42 Å². The zero-order chi connectivity index (χ0) is 17.2. The van der Waals surface area contributed by atoms with E-state index in [1.807, 2.05) is 4.83 Å². The van der Waals surface area contributed by atoms with Crippen molar-refractivity contribution in [1.29, 1.82) is 0 Å². The average Bonchev–Trinajstić information content (AvgIpc) is 2.40. The summed E-state index contributed by atoms with van der Waals surface area (Å²) < 4.78 is 24.6. The van der Waals surface area contributed by atoms with Gasteiger partial charge in [0.1, 0.15) is 10.0 Å². The van der Waals surface area contributed by atoms with E-state index in [9.17, 15) is 8.42 Å². The van der Waals surface area contributed by atoms with Crippen molar-refractivity contribution in [2.75, 3.05) is 0 Å². The molecular formula is C13H9Cl4N3O2S.